The molecule has 0 bridgehead atoms. The number of aliphatic imine (C=N–C) groups is 3. The fourth-order valence-electron chi connectivity index (χ4n) is 1.39. The Bertz CT molecular complexity index is 443. The summed E-state index contributed by atoms with van der Waals surface area (Å²) in [6.45, 7) is 0. The number of nitrogens with zero attached hydrogens (tertiary/aromatic N) is 3. The predicted octanol–water partition coefficient (Wildman–Crippen LogP) is 1.36. The molecule has 0 unspecified atom stereocenters. The number of rotatable bonds is 3. The first-order valence-corrected chi connectivity index (χ1v) is 5.98. The molecule has 0 aromatic heterocycles. The highest BCUT2D eigenvalue weighted by atomic mass is 79.9. The summed E-state index contributed by atoms with van der Waals surface area (Å²) in [7, 11) is 3.20. The summed E-state index contributed by atoms with van der Waals surface area (Å²) >= 11 is 3.45. The molecule has 4 N–H and O–H groups in total. The van der Waals surface area contributed by atoms with Gasteiger partial charge < -0.3 is 11.5 Å². The molecular weight excluding hydrogens is 282 g/mol. The molecule has 0 saturated heterocycles. The molecule has 6 heteroatoms. The van der Waals surface area contributed by atoms with E-state index in [1.807, 2.05) is 12.2 Å². The Hall–Kier alpha value is -1.43. The predicted molar refractivity (Wildman–Crippen MR) is 76.9 cm³/mol. The van der Waals surface area contributed by atoms with Gasteiger partial charge in [-0.25, -0.2) is 4.99 Å². The van der Waals surface area contributed by atoms with E-state index in [4.69, 9.17) is 11.5 Å². The van der Waals surface area contributed by atoms with E-state index in [0.29, 0.717) is 5.71 Å². The maximum atomic E-state index is 5.85. The normalized spacial score (nSPS) is 18.9. The van der Waals surface area contributed by atoms with Gasteiger partial charge in [0, 0.05) is 14.1 Å². The zero-order valence-corrected chi connectivity index (χ0v) is 11.5. The van der Waals surface area contributed by atoms with Crippen molar-refractivity contribution < 1.29 is 0 Å². The van der Waals surface area contributed by atoms with Crippen molar-refractivity contribution in [3.63, 3.8) is 0 Å². The zero-order valence-electron chi connectivity index (χ0n) is 9.94. The van der Waals surface area contributed by atoms with Crippen LogP contribution in [0.15, 0.2) is 37.3 Å². The molecule has 0 aromatic rings. The first-order chi connectivity index (χ1) is 8.08. The average Bonchev–Trinajstić information content (AvgIpc) is 2.29. The van der Waals surface area contributed by atoms with E-state index >= 15 is 0 Å². The van der Waals surface area contributed by atoms with Crippen LogP contribution in [0.2, 0.25) is 0 Å². The van der Waals surface area contributed by atoms with Crippen molar-refractivity contribution in [3.05, 3.63) is 22.3 Å². The molecule has 1 aliphatic carbocycles. The minimum atomic E-state index is 0.278. The third-order valence-corrected chi connectivity index (χ3v) is 2.87. The van der Waals surface area contributed by atoms with Crippen molar-refractivity contribution in [1.29, 1.82) is 0 Å². The van der Waals surface area contributed by atoms with Crippen molar-refractivity contribution in [1.82, 2.24) is 0 Å². The Morgan fingerprint density at radius 2 is 1.94 bits per heavy atom. The number of halogens is 1. The lowest BCUT2D eigenvalue weighted by Gasteiger charge is -2.08. The zero-order chi connectivity index (χ0) is 12.8. The van der Waals surface area contributed by atoms with Crippen LogP contribution in [0.25, 0.3) is 0 Å². The lowest BCUT2D eigenvalue weighted by molar-refractivity contribution is 0.999. The van der Waals surface area contributed by atoms with E-state index in [9.17, 15) is 0 Å². The van der Waals surface area contributed by atoms with E-state index in [1.54, 1.807) is 14.1 Å². The fourth-order valence-corrected chi connectivity index (χ4v) is 1.85. The van der Waals surface area contributed by atoms with Gasteiger partial charge >= 0.3 is 0 Å². The van der Waals surface area contributed by atoms with Crippen LogP contribution < -0.4 is 11.5 Å². The number of hydrogen-bond acceptors (Lipinski definition) is 3. The Morgan fingerprint density at radius 3 is 2.47 bits per heavy atom. The minimum Gasteiger partial charge on any atom is -0.382 e. The van der Waals surface area contributed by atoms with Crippen LogP contribution >= 0.6 is 15.9 Å². The third-order valence-electron chi connectivity index (χ3n) is 2.24. The molecule has 0 aromatic carbocycles. The van der Waals surface area contributed by atoms with Crippen molar-refractivity contribution in [2.75, 3.05) is 14.1 Å². The number of amidine groups is 2. The maximum absolute atomic E-state index is 5.85. The number of allylic oxidation sites excluding steroid dienone is 3. The second kappa shape index (κ2) is 6.34. The van der Waals surface area contributed by atoms with Crippen LogP contribution in [-0.4, -0.2) is 31.5 Å². The van der Waals surface area contributed by atoms with E-state index in [-0.39, 0.29) is 11.7 Å². The molecule has 92 valence electrons. The third kappa shape index (κ3) is 3.81. The van der Waals surface area contributed by atoms with Crippen molar-refractivity contribution in [2.24, 2.45) is 26.4 Å². The molecule has 0 fully saturated rings. The largest absolute Gasteiger partial charge is 0.382 e. The van der Waals surface area contributed by atoms with Crippen LogP contribution in [0, 0.1) is 0 Å². The molecule has 0 radical (unpaired) electrons. The van der Waals surface area contributed by atoms with Gasteiger partial charge in [-0.2, -0.15) is 0 Å². The Kier molecular flexibility index (Phi) is 5.09. The van der Waals surface area contributed by atoms with Crippen LogP contribution in [0.1, 0.15) is 12.8 Å². The second-order valence-corrected chi connectivity index (χ2v) is 4.46. The SMILES string of the molecule is CN=C(N)C(=NC)C(N)=NC1=CCCC(Br)=C1. The molecule has 0 saturated carbocycles. The number of nitrogens with two attached hydrogens (primary N) is 2. The highest BCUT2D eigenvalue weighted by Gasteiger charge is 2.10. The van der Waals surface area contributed by atoms with Crippen molar-refractivity contribution in [2.45, 2.75) is 12.8 Å². The highest BCUT2D eigenvalue weighted by Crippen LogP contribution is 2.22. The standard InChI is InChI=1S/C11H16BrN5/c1-15-9(10(13)16-2)11(14)17-8-5-3-4-7(12)6-8/h5-6H,3-4H2,1-2H3,(H2,13,16)(H2,14,17). The molecule has 1 aliphatic rings. The first kappa shape index (κ1) is 13.6. The van der Waals surface area contributed by atoms with Gasteiger partial charge in [-0.3, -0.25) is 9.98 Å². The highest BCUT2D eigenvalue weighted by molar-refractivity contribution is 9.11. The van der Waals surface area contributed by atoms with Gasteiger partial charge in [0.2, 0.25) is 0 Å². The quantitative estimate of drug-likeness (QED) is 0.608. The van der Waals surface area contributed by atoms with Gasteiger partial charge in [0.15, 0.2) is 5.84 Å². The van der Waals surface area contributed by atoms with Crippen molar-refractivity contribution in [3.8, 4) is 0 Å². The smallest absolute Gasteiger partial charge is 0.153 e. The molecule has 0 aliphatic heterocycles. The van der Waals surface area contributed by atoms with E-state index in [1.165, 1.54) is 0 Å². The second-order valence-electron chi connectivity index (χ2n) is 3.44. The summed E-state index contributed by atoms with van der Waals surface area (Å²) in [5.74, 6) is 0.563. The van der Waals surface area contributed by atoms with Crippen LogP contribution in [0.4, 0.5) is 0 Å². The van der Waals surface area contributed by atoms with Gasteiger partial charge in [-0.15, -0.1) is 0 Å². The van der Waals surface area contributed by atoms with Gasteiger partial charge in [-0.1, -0.05) is 22.0 Å². The fraction of sp³-hybridized carbons (Fsp3) is 0.364. The number of hydrogen-bond donors (Lipinski definition) is 2. The van der Waals surface area contributed by atoms with Crippen LogP contribution in [-0.2, 0) is 0 Å². The molecule has 5 nitrogen and oxygen atoms in total. The Balaban J connectivity index is 2.97. The lowest BCUT2D eigenvalue weighted by Crippen LogP contribution is -2.36. The minimum absolute atomic E-state index is 0.278. The van der Waals surface area contributed by atoms with Crippen molar-refractivity contribution >= 4 is 33.3 Å². The van der Waals surface area contributed by atoms with Gasteiger partial charge in [0.25, 0.3) is 0 Å². The van der Waals surface area contributed by atoms with Gasteiger partial charge in [0.1, 0.15) is 11.5 Å². The monoisotopic (exact) mass is 297 g/mol. The molecule has 1 rings (SSSR count). The molecule has 0 heterocycles. The van der Waals surface area contributed by atoms with Gasteiger partial charge in [-0.05, 0) is 23.4 Å². The lowest BCUT2D eigenvalue weighted by atomic mass is 10.1. The van der Waals surface area contributed by atoms with E-state index in [0.717, 1.165) is 23.0 Å². The average molecular weight is 298 g/mol. The summed E-state index contributed by atoms with van der Waals surface area (Å²) in [4.78, 5) is 12.1. The summed E-state index contributed by atoms with van der Waals surface area (Å²) in [5, 5.41) is 0. The molecular formula is C11H16BrN5. The summed E-state index contributed by atoms with van der Waals surface area (Å²) < 4.78 is 1.11. The molecule has 0 amide bonds. The molecule has 0 spiro atoms. The van der Waals surface area contributed by atoms with Gasteiger partial charge in [0.05, 0.1) is 5.70 Å². The first-order valence-electron chi connectivity index (χ1n) is 5.18. The van der Waals surface area contributed by atoms with Crippen LogP contribution in [0.3, 0.4) is 0 Å². The van der Waals surface area contributed by atoms with E-state index in [2.05, 4.69) is 30.9 Å². The Morgan fingerprint density at radius 1 is 1.24 bits per heavy atom. The molecule has 17 heavy (non-hydrogen) atoms. The Labute approximate surface area is 109 Å². The summed E-state index contributed by atoms with van der Waals surface area (Å²) in [6.07, 6.45) is 5.89. The maximum Gasteiger partial charge on any atom is 0.153 e. The topological polar surface area (TPSA) is 89.1 Å². The summed E-state index contributed by atoms with van der Waals surface area (Å²) in [5.41, 5.74) is 12.8. The molecule has 0 atom stereocenters. The van der Waals surface area contributed by atoms with E-state index < -0.39 is 0 Å². The van der Waals surface area contributed by atoms with Crippen LogP contribution in [0.5, 0.6) is 0 Å². The summed E-state index contributed by atoms with van der Waals surface area (Å²) in [6, 6.07) is 0.